The molecule has 0 unspecified atom stereocenters. The molecule has 104 heavy (non-hydrogen) atoms. The second-order valence-corrected chi connectivity index (χ2v) is 37.3. The van der Waals surface area contributed by atoms with Gasteiger partial charge in [0, 0.05) is 109 Å². The lowest BCUT2D eigenvalue weighted by molar-refractivity contribution is 0.0149. The number of thioether (sulfide) groups is 4. The van der Waals surface area contributed by atoms with Crippen LogP contribution in [0.1, 0.15) is 178 Å². The lowest BCUT2D eigenvalue weighted by Crippen LogP contribution is -2.47. The molecular weight excluding hydrogens is 1730 g/mol. The summed E-state index contributed by atoms with van der Waals surface area (Å²) in [6, 6.07) is 9.85. The van der Waals surface area contributed by atoms with Crippen LogP contribution in [0.2, 0.25) is 0 Å². The maximum Gasteiger partial charge on any atom is 0.426 e. The van der Waals surface area contributed by atoms with Crippen molar-refractivity contribution in [3.8, 4) is 0 Å². The number of amidine groups is 4. The van der Waals surface area contributed by atoms with Gasteiger partial charge in [-0.2, -0.15) is 4.90 Å². The minimum absolute atomic E-state index is 0. The Morgan fingerprint density at radius 3 is 1.22 bits per heavy atom. The fourth-order valence-electron chi connectivity index (χ4n) is 9.48. The molecule has 0 aromatic carbocycles. The highest BCUT2D eigenvalue weighted by atomic mass is 79.9. The molecule has 4 aliphatic rings. The van der Waals surface area contributed by atoms with Crippen molar-refractivity contribution in [2.75, 3.05) is 34.6 Å². The number of hydrogen-bond donors (Lipinski definition) is 4. The smallest absolute Gasteiger partial charge is 0.426 e. The molecule has 34 heteroatoms. The third kappa shape index (κ3) is 30.6. The van der Waals surface area contributed by atoms with E-state index in [-0.39, 0.29) is 23.1 Å². The first-order valence-electron chi connectivity index (χ1n) is 32.5. The van der Waals surface area contributed by atoms with Crippen LogP contribution in [0.15, 0.2) is 135 Å². The summed E-state index contributed by atoms with van der Waals surface area (Å²) in [6.07, 6.45) is 19.1. The van der Waals surface area contributed by atoms with Gasteiger partial charge < -0.3 is 30.4 Å². The van der Waals surface area contributed by atoms with Crippen molar-refractivity contribution in [2.24, 2.45) is 30.7 Å². The quantitative estimate of drug-likeness (QED) is 0.0485. The zero-order valence-corrected chi connectivity index (χ0v) is 73.4. The van der Waals surface area contributed by atoms with E-state index in [4.69, 9.17) is 52.0 Å². The predicted octanol–water partition coefficient (Wildman–Crippen LogP) is 19.4. The average Bonchev–Trinajstić information content (AvgIpc) is 0.769. The third-order valence-electron chi connectivity index (χ3n) is 14.8. The Morgan fingerprint density at radius 1 is 0.519 bits per heavy atom. The molecule has 5 aromatic heterocycles. The van der Waals surface area contributed by atoms with Crippen molar-refractivity contribution >= 4 is 203 Å². The van der Waals surface area contributed by atoms with Gasteiger partial charge in [-0.15, -0.1) is 24.0 Å². The van der Waals surface area contributed by atoms with Crippen molar-refractivity contribution in [1.82, 2.24) is 40.5 Å². The normalized spacial score (nSPS) is 20.6. The molecule has 0 bridgehead atoms. The van der Waals surface area contributed by atoms with Crippen LogP contribution in [0.5, 0.6) is 0 Å². The number of ether oxygens (including phenoxy) is 4. The first kappa shape index (κ1) is 91.4. The fraction of sp³-hybridized carbons (Fsp3) is 0.514. The van der Waals surface area contributed by atoms with Crippen molar-refractivity contribution in [3.63, 3.8) is 0 Å². The lowest BCUT2D eigenvalue weighted by Gasteiger charge is -2.34. The van der Waals surface area contributed by atoms with E-state index >= 15 is 0 Å². The number of carbonyl (C=O) groups excluding carboxylic acids is 4. The minimum Gasteiger partial charge on any atom is -0.444 e. The standard InChI is InChI=1S/C20H28BrN3O4S.C15H20BrN3O2S.C15H22N4O2S.C10H10BrClN2S.C10H12BrN3S.ClH/c1-18(2,3)27-16(25)24(17(26)28-19(4,5)6)15-23-20(7,8-9-29-15)13-10-14(21)12-22-11-13;2*1-14(2,3)21-13(20)18-12-19-15(4,5-6-22-12)10-7-11(16)9-17-8-10;1-10(2-3-12,14-7-15)8-4-9(11)6-13-5-8;1-10(2-3-15-9(12)14-10)7-4-8(11)6-13-5-7;/h10-12H,8-9H2,1-7H3;7-9H,5-6H2,1-4H3,(H,18,19,20);7-9H,5-6,16H2,1-4H3,(H,18,19,20);4-6H,2-3H2,1H3;4-6H,2-3H2,1H3,(H2,12,14);1H/t20-;2*15-;2*10-;/m00000./s1. The Labute approximate surface area is 678 Å². The lowest BCUT2D eigenvalue weighted by atomic mass is 9.91. The number of nitrogen functional groups attached to an aromatic ring is 1. The molecule has 23 nitrogen and oxygen atoms in total. The molecule has 0 saturated heterocycles. The zero-order chi connectivity index (χ0) is 77.0. The topological polar surface area (TPSA) is 311 Å². The van der Waals surface area contributed by atoms with E-state index in [0.717, 1.165) is 93.5 Å². The van der Waals surface area contributed by atoms with Gasteiger partial charge in [0.25, 0.3) is 0 Å². The van der Waals surface area contributed by atoms with Crippen LogP contribution in [-0.4, -0.2) is 131 Å². The highest BCUT2D eigenvalue weighted by Gasteiger charge is 2.41. The number of thiocarbonyl (C=S) groups is 1. The van der Waals surface area contributed by atoms with E-state index in [1.807, 2.05) is 106 Å². The number of alkyl carbamates (subject to hydrolysis) is 2. The van der Waals surface area contributed by atoms with Crippen LogP contribution in [-0.2, 0) is 46.6 Å². The predicted molar refractivity (Wildman–Crippen MR) is 446 cm³/mol. The minimum atomic E-state index is -0.811. The molecule has 0 radical (unpaired) electrons. The summed E-state index contributed by atoms with van der Waals surface area (Å²) in [5, 5.41) is 9.94. The van der Waals surface area contributed by atoms with Gasteiger partial charge in [-0.05, 0) is 284 Å². The number of nitrogens with two attached hydrogens (primary N) is 2. The summed E-state index contributed by atoms with van der Waals surface area (Å²) in [4.78, 5) is 94.1. The van der Waals surface area contributed by atoms with Crippen molar-refractivity contribution in [2.45, 2.75) is 200 Å². The number of hydrogen-bond acceptors (Lipinski definition) is 25. The number of nitrogens with zero attached hydrogens (tertiary/aromatic N) is 11. The number of anilines is 1. The summed E-state index contributed by atoms with van der Waals surface area (Å²) in [7, 11) is 0. The summed E-state index contributed by atoms with van der Waals surface area (Å²) < 4.78 is 25.1. The highest BCUT2D eigenvalue weighted by molar-refractivity contribution is 9.11. The fourth-order valence-corrected chi connectivity index (χ4v) is 15.9. The Balaban J connectivity index is 0.000000280. The first-order chi connectivity index (χ1) is 47.8. The van der Waals surface area contributed by atoms with Crippen LogP contribution in [0.4, 0.5) is 24.9 Å². The Morgan fingerprint density at radius 2 is 0.865 bits per heavy atom. The van der Waals surface area contributed by atoms with Gasteiger partial charge in [-0.25, -0.2) is 24.2 Å². The summed E-state index contributed by atoms with van der Waals surface area (Å²) >= 11 is 30.0. The van der Waals surface area contributed by atoms with Gasteiger partial charge in [0.1, 0.15) is 22.4 Å². The maximum absolute atomic E-state index is 12.9. The summed E-state index contributed by atoms with van der Waals surface area (Å²) in [5.74, 6) is 3.92. The molecule has 6 N–H and O–H groups in total. The average molecular weight is 1820 g/mol. The highest BCUT2D eigenvalue weighted by Crippen LogP contribution is 2.41. The summed E-state index contributed by atoms with van der Waals surface area (Å²) in [6.45, 7) is 31.5. The van der Waals surface area contributed by atoms with E-state index < -0.39 is 68.9 Å². The van der Waals surface area contributed by atoms with E-state index in [0.29, 0.717) is 39.2 Å². The number of amides is 4. The van der Waals surface area contributed by atoms with Crippen molar-refractivity contribution in [3.05, 3.63) is 138 Å². The van der Waals surface area contributed by atoms with Gasteiger partial charge >= 0.3 is 24.4 Å². The van der Waals surface area contributed by atoms with Gasteiger partial charge in [-0.1, -0.05) is 47.0 Å². The van der Waals surface area contributed by atoms with Gasteiger partial charge in [-0.3, -0.25) is 55.5 Å². The molecular formula is C70H93Br4Cl2N15O8S5. The van der Waals surface area contributed by atoms with Crippen LogP contribution in [0.25, 0.3) is 0 Å². The number of pyridine rings is 5. The van der Waals surface area contributed by atoms with Gasteiger partial charge in [0.2, 0.25) is 0 Å². The van der Waals surface area contributed by atoms with Crippen LogP contribution in [0, 0.1) is 0 Å². The van der Waals surface area contributed by atoms with E-state index in [1.165, 1.54) is 35.3 Å². The Bertz CT molecular complexity index is 3840. The molecule has 568 valence electrons. The van der Waals surface area contributed by atoms with Crippen LogP contribution >= 0.6 is 147 Å². The molecule has 4 amide bonds. The molecule has 9 rings (SSSR count). The SMILES string of the molecule is CC(C)(C)OC(=O)N(C(=O)OC(C)(C)C)C1=N[C@](C)(c2cncc(Br)c2)CCS1.CC(C)(C)OC(=O)NC1=N[C@](C)(c2cncc(Br)c2)CCS1.CC(C)(C)OC(=O)NC1=N[C@](C)(c2cncc(N)c2)CCS1.C[C@@](CCCl)(N=C=S)c1cncc(Br)c1.C[C@@]1(c2cncc(Br)c2)CCSC(N)=N1.Cl. The van der Waals surface area contributed by atoms with Gasteiger partial charge in [0.15, 0.2) is 20.7 Å². The number of nitrogens with one attached hydrogen (secondary N) is 2. The molecule has 4 aliphatic heterocycles. The first-order valence-corrected chi connectivity index (χ1v) is 40.6. The number of aromatic nitrogens is 5. The summed E-state index contributed by atoms with van der Waals surface area (Å²) in [5.41, 5.74) is 12.4. The van der Waals surface area contributed by atoms with Crippen LogP contribution in [0.3, 0.4) is 0 Å². The monoisotopic (exact) mass is 1820 g/mol. The maximum atomic E-state index is 12.9. The molecule has 5 aromatic rings. The number of carbonyl (C=O) groups is 4. The molecule has 9 heterocycles. The largest absolute Gasteiger partial charge is 0.444 e. The van der Waals surface area contributed by atoms with E-state index in [2.05, 4.69) is 145 Å². The van der Waals surface area contributed by atoms with Gasteiger partial charge in [0.05, 0.1) is 38.5 Å². The third-order valence-corrected chi connectivity index (χ3v) is 20.3. The van der Waals surface area contributed by atoms with Crippen LogP contribution < -0.4 is 22.1 Å². The molecule has 0 saturated carbocycles. The number of rotatable bonds is 8. The zero-order valence-electron chi connectivity index (χ0n) is 61.4. The second kappa shape index (κ2) is 39.9. The Hall–Kier alpha value is -4.99. The van der Waals surface area contributed by atoms with E-state index in [9.17, 15) is 19.2 Å². The second-order valence-electron chi connectivity index (χ2n) is 28.7. The number of imide groups is 1. The number of halogens is 6. The molecule has 0 aliphatic carbocycles. The number of isothiocyanates is 1. The molecule has 5 atom stereocenters. The number of alkyl halides is 1. The van der Waals surface area contributed by atoms with Crippen molar-refractivity contribution in [1.29, 1.82) is 0 Å². The number of aliphatic imine (C=N–C) groups is 5. The van der Waals surface area contributed by atoms with Crippen molar-refractivity contribution < 1.29 is 38.1 Å². The molecule has 0 spiro atoms. The molecule has 0 fully saturated rings. The van der Waals surface area contributed by atoms with E-state index in [1.54, 1.807) is 103 Å². The Kier molecular flexibility index (Phi) is 35.1.